The van der Waals surface area contributed by atoms with Crippen molar-refractivity contribution >= 4 is 6.29 Å². The summed E-state index contributed by atoms with van der Waals surface area (Å²) in [5.74, 6) is 0.774. The van der Waals surface area contributed by atoms with E-state index in [-0.39, 0.29) is 6.10 Å². The molecule has 1 aliphatic rings. The van der Waals surface area contributed by atoms with Gasteiger partial charge in [-0.3, -0.25) is 4.79 Å². The largest absolute Gasteiger partial charge is 0.490 e. The molecule has 3 heteroatoms. The molecule has 0 heterocycles. The highest BCUT2D eigenvalue weighted by atomic mass is 16.5. The van der Waals surface area contributed by atoms with Crippen molar-refractivity contribution in [2.24, 2.45) is 0 Å². The predicted molar refractivity (Wildman–Crippen MR) is 65.5 cm³/mol. The molecule has 92 valence electrons. The first kappa shape index (κ1) is 12.1. The molecule has 0 radical (unpaired) electrons. The molecule has 0 N–H and O–H groups in total. The third kappa shape index (κ3) is 3.30. The molecule has 3 nitrogen and oxygen atoms in total. The number of benzene rings is 1. The number of rotatable bonds is 4. The Kier molecular flexibility index (Phi) is 4.15. The van der Waals surface area contributed by atoms with Gasteiger partial charge in [0.25, 0.3) is 0 Å². The van der Waals surface area contributed by atoms with Gasteiger partial charge in [0, 0.05) is 19.1 Å². The molecular formula is C14H18O3. The Balaban J connectivity index is 1.97. The molecule has 1 aromatic carbocycles. The summed E-state index contributed by atoms with van der Waals surface area (Å²) in [5.41, 5.74) is 0.654. The molecule has 2 rings (SSSR count). The number of hydrogen-bond acceptors (Lipinski definition) is 3. The molecule has 1 saturated carbocycles. The number of hydrogen-bond donors (Lipinski definition) is 0. The molecular weight excluding hydrogens is 216 g/mol. The van der Waals surface area contributed by atoms with Gasteiger partial charge in [-0.1, -0.05) is 12.1 Å². The van der Waals surface area contributed by atoms with Crippen molar-refractivity contribution in [1.29, 1.82) is 0 Å². The SMILES string of the molecule is COC1CCCC(Oc2cccc(C=O)c2)C1. The average molecular weight is 234 g/mol. The second kappa shape index (κ2) is 5.82. The Bertz CT molecular complexity index is 375. The summed E-state index contributed by atoms with van der Waals surface area (Å²) in [7, 11) is 1.75. The summed E-state index contributed by atoms with van der Waals surface area (Å²) in [4.78, 5) is 10.7. The van der Waals surface area contributed by atoms with Gasteiger partial charge in [-0.25, -0.2) is 0 Å². The summed E-state index contributed by atoms with van der Waals surface area (Å²) >= 11 is 0. The molecule has 2 atom stereocenters. The zero-order chi connectivity index (χ0) is 12.1. The van der Waals surface area contributed by atoms with Crippen LogP contribution in [0.25, 0.3) is 0 Å². The van der Waals surface area contributed by atoms with Crippen LogP contribution in [-0.2, 0) is 4.74 Å². The third-order valence-corrected chi connectivity index (χ3v) is 3.21. The van der Waals surface area contributed by atoms with Gasteiger partial charge in [-0.2, -0.15) is 0 Å². The van der Waals surface area contributed by atoms with E-state index in [0.29, 0.717) is 11.7 Å². The topological polar surface area (TPSA) is 35.5 Å². The fourth-order valence-corrected chi connectivity index (χ4v) is 2.28. The zero-order valence-corrected chi connectivity index (χ0v) is 10.1. The van der Waals surface area contributed by atoms with Gasteiger partial charge >= 0.3 is 0 Å². The molecule has 0 aliphatic heterocycles. The second-order valence-electron chi connectivity index (χ2n) is 4.45. The smallest absolute Gasteiger partial charge is 0.150 e. The zero-order valence-electron chi connectivity index (χ0n) is 10.1. The van der Waals surface area contributed by atoms with Crippen LogP contribution >= 0.6 is 0 Å². The van der Waals surface area contributed by atoms with Crippen molar-refractivity contribution in [1.82, 2.24) is 0 Å². The van der Waals surface area contributed by atoms with Crippen LogP contribution in [0.5, 0.6) is 5.75 Å². The maximum absolute atomic E-state index is 10.7. The minimum Gasteiger partial charge on any atom is -0.490 e. The van der Waals surface area contributed by atoms with Crippen molar-refractivity contribution in [2.75, 3.05) is 7.11 Å². The van der Waals surface area contributed by atoms with Crippen LogP contribution in [0.3, 0.4) is 0 Å². The number of ether oxygens (including phenoxy) is 2. The van der Waals surface area contributed by atoms with Gasteiger partial charge in [0.1, 0.15) is 18.1 Å². The number of methoxy groups -OCH3 is 1. The first-order valence-corrected chi connectivity index (χ1v) is 6.06. The van der Waals surface area contributed by atoms with Gasteiger partial charge < -0.3 is 9.47 Å². The third-order valence-electron chi connectivity index (χ3n) is 3.21. The van der Waals surface area contributed by atoms with E-state index in [2.05, 4.69) is 0 Å². The Labute approximate surface area is 102 Å². The Hall–Kier alpha value is -1.35. The highest BCUT2D eigenvalue weighted by molar-refractivity contribution is 5.75. The van der Waals surface area contributed by atoms with E-state index in [1.54, 1.807) is 19.2 Å². The van der Waals surface area contributed by atoms with Gasteiger partial charge in [-0.05, 0) is 31.4 Å². The average Bonchev–Trinajstić information content (AvgIpc) is 2.39. The molecule has 0 saturated heterocycles. The maximum Gasteiger partial charge on any atom is 0.150 e. The van der Waals surface area contributed by atoms with Crippen molar-refractivity contribution in [3.05, 3.63) is 29.8 Å². The Morgan fingerprint density at radius 1 is 1.29 bits per heavy atom. The summed E-state index contributed by atoms with van der Waals surface area (Å²) in [5, 5.41) is 0. The summed E-state index contributed by atoms with van der Waals surface area (Å²) in [6.45, 7) is 0. The molecule has 1 aliphatic carbocycles. The van der Waals surface area contributed by atoms with Crippen LogP contribution in [0.2, 0.25) is 0 Å². The summed E-state index contributed by atoms with van der Waals surface area (Å²) < 4.78 is 11.3. The molecule has 0 aromatic heterocycles. The van der Waals surface area contributed by atoms with Crippen molar-refractivity contribution in [3.8, 4) is 5.75 Å². The van der Waals surface area contributed by atoms with Crippen molar-refractivity contribution < 1.29 is 14.3 Å². The molecule has 17 heavy (non-hydrogen) atoms. The fraction of sp³-hybridized carbons (Fsp3) is 0.500. The van der Waals surface area contributed by atoms with E-state index in [9.17, 15) is 4.79 Å². The summed E-state index contributed by atoms with van der Waals surface area (Å²) in [6, 6.07) is 7.29. The van der Waals surface area contributed by atoms with Crippen LogP contribution < -0.4 is 4.74 Å². The van der Waals surface area contributed by atoms with Crippen LogP contribution in [0.1, 0.15) is 36.0 Å². The lowest BCUT2D eigenvalue weighted by Gasteiger charge is -2.28. The van der Waals surface area contributed by atoms with Crippen LogP contribution in [0.15, 0.2) is 24.3 Å². The molecule has 2 unspecified atom stereocenters. The minimum atomic E-state index is 0.204. The van der Waals surface area contributed by atoms with E-state index in [0.717, 1.165) is 37.7 Å². The molecule has 1 aromatic rings. The molecule has 0 amide bonds. The number of carbonyl (C=O) groups excluding carboxylic acids is 1. The standard InChI is InChI=1S/C14H18O3/c1-16-12-5-3-7-14(9-12)17-13-6-2-4-11(8-13)10-15/h2,4,6,8,10,12,14H,3,5,7,9H2,1H3. The summed E-state index contributed by atoms with van der Waals surface area (Å²) in [6.07, 6.45) is 5.60. The number of carbonyl (C=O) groups is 1. The van der Waals surface area contributed by atoms with E-state index >= 15 is 0 Å². The van der Waals surface area contributed by atoms with E-state index in [1.807, 2.05) is 12.1 Å². The highest BCUT2D eigenvalue weighted by Crippen LogP contribution is 2.25. The Morgan fingerprint density at radius 2 is 2.12 bits per heavy atom. The molecule has 0 spiro atoms. The fourth-order valence-electron chi connectivity index (χ4n) is 2.28. The van der Waals surface area contributed by atoms with E-state index in [1.165, 1.54) is 0 Å². The molecule has 0 bridgehead atoms. The van der Waals surface area contributed by atoms with Crippen LogP contribution in [-0.4, -0.2) is 25.6 Å². The van der Waals surface area contributed by atoms with E-state index in [4.69, 9.17) is 9.47 Å². The van der Waals surface area contributed by atoms with Crippen molar-refractivity contribution in [2.45, 2.75) is 37.9 Å². The highest BCUT2D eigenvalue weighted by Gasteiger charge is 2.22. The Morgan fingerprint density at radius 3 is 2.88 bits per heavy atom. The van der Waals surface area contributed by atoms with Crippen molar-refractivity contribution in [3.63, 3.8) is 0 Å². The normalized spacial score (nSPS) is 24.3. The number of aldehydes is 1. The maximum atomic E-state index is 10.7. The van der Waals surface area contributed by atoms with Crippen LogP contribution in [0.4, 0.5) is 0 Å². The first-order valence-electron chi connectivity index (χ1n) is 6.06. The van der Waals surface area contributed by atoms with Gasteiger partial charge in [0.15, 0.2) is 0 Å². The quantitative estimate of drug-likeness (QED) is 0.751. The lowest BCUT2D eigenvalue weighted by atomic mass is 9.95. The van der Waals surface area contributed by atoms with Gasteiger partial charge in [-0.15, -0.1) is 0 Å². The van der Waals surface area contributed by atoms with Gasteiger partial charge in [0.2, 0.25) is 0 Å². The monoisotopic (exact) mass is 234 g/mol. The lowest BCUT2D eigenvalue weighted by molar-refractivity contribution is 0.0209. The van der Waals surface area contributed by atoms with Gasteiger partial charge in [0.05, 0.1) is 6.10 Å². The predicted octanol–water partition coefficient (Wildman–Crippen LogP) is 2.84. The van der Waals surface area contributed by atoms with E-state index < -0.39 is 0 Å². The molecule has 1 fully saturated rings. The first-order chi connectivity index (χ1) is 8.31. The minimum absolute atomic E-state index is 0.204. The lowest BCUT2D eigenvalue weighted by Crippen LogP contribution is -2.29. The second-order valence-corrected chi connectivity index (χ2v) is 4.45. The van der Waals surface area contributed by atoms with Crippen LogP contribution in [0, 0.1) is 0 Å².